The molecule has 6 heteroatoms. The molecule has 0 saturated carbocycles. The first-order valence-electron chi connectivity index (χ1n) is 8.46. The van der Waals surface area contributed by atoms with E-state index in [9.17, 15) is 0 Å². The van der Waals surface area contributed by atoms with E-state index in [0.29, 0.717) is 5.25 Å². The van der Waals surface area contributed by atoms with Crippen molar-refractivity contribution in [2.75, 3.05) is 34.2 Å². The van der Waals surface area contributed by atoms with Crippen LogP contribution in [0, 0.1) is 0 Å². The molecule has 1 aromatic heterocycles. The van der Waals surface area contributed by atoms with E-state index in [-0.39, 0.29) is 6.04 Å². The first kappa shape index (κ1) is 19.4. The quantitative estimate of drug-likeness (QED) is 0.430. The highest BCUT2D eigenvalue weighted by Gasteiger charge is 2.17. The summed E-state index contributed by atoms with van der Waals surface area (Å²) in [5, 5.41) is 7.22. The molecular weight excluding hydrogens is 332 g/mol. The molecule has 2 atom stereocenters. The van der Waals surface area contributed by atoms with E-state index in [1.807, 2.05) is 44.1 Å². The van der Waals surface area contributed by atoms with Gasteiger partial charge in [-0.05, 0) is 38.4 Å². The van der Waals surface area contributed by atoms with Crippen LogP contribution in [0.2, 0.25) is 0 Å². The highest BCUT2D eigenvalue weighted by molar-refractivity contribution is 8.00. The van der Waals surface area contributed by atoms with Crippen LogP contribution in [0.4, 0.5) is 0 Å². The van der Waals surface area contributed by atoms with Crippen LogP contribution in [-0.2, 0) is 0 Å². The number of nitrogens with one attached hydrogen (secondary N) is 2. The van der Waals surface area contributed by atoms with Gasteiger partial charge in [-0.1, -0.05) is 25.1 Å². The van der Waals surface area contributed by atoms with Gasteiger partial charge in [0.25, 0.3) is 0 Å². The Morgan fingerprint density at radius 1 is 1.12 bits per heavy atom. The minimum atomic E-state index is 0.157. The van der Waals surface area contributed by atoms with Gasteiger partial charge in [0.05, 0.1) is 12.3 Å². The minimum absolute atomic E-state index is 0.157. The predicted molar refractivity (Wildman–Crippen MR) is 106 cm³/mol. The van der Waals surface area contributed by atoms with Gasteiger partial charge in [-0.25, -0.2) is 0 Å². The number of benzene rings is 1. The fraction of sp³-hybridized carbons (Fsp3) is 0.421. The van der Waals surface area contributed by atoms with Crippen LogP contribution >= 0.6 is 11.8 Å². The second kappa shape index (κ2) is 10.2. The summed E-state index contributed by atoms with van der Waals surface area (Å²) < 4.78 is 5.54. The van der Waals surface area contributed by atoms with Crippen molar-refractivity contribution in [3.63, 3.8) is 0 Å². The average molecular weight is 361 g/mol. The largest absolute Gasteiger partial charge is 0.468 e. The van der Waals surface area contributed by atoms with Crippen molar-refractivity contribution >= 4 is 17.7 Å². The SMILES string of the molecule is CN=C(NCC(C)Sc1ccccc1)NCC(c1ccco1)N(C)C. The molecule has 0 aliphatic heterocycles. The summed E-state index contributed by atoms with van der Waals surface area (Å²) in [7, 11) is 5.88. The van der Waals surface area contributed by atoms with E-state index in [2.05, 4.69) is 51.7 Å². The lowest BCUT2D eigenvalue weighted by atomic mass is 10.2. The Labute approximate surface area is 154 Å². The fourth-order valence-corrected chi connectivity index (χ4v) is 3.39. The van der Waals surface area contributed by atoms with E-state index >= 15 is 0 Å². The standard InChI is InChI=1S/C19H28N4OS/c1-15(25-16-9-6-5-7-10-16)13-21-19(20-2)22-14-17(23(3)4)18-11-8-12-24-18/h5-12,15,17H,13-14H2,1-4H3,(H2,20,21,22). The first-order chi connectivity index (χ1) is 12.1. The molecule has 0 aliphatic carbocycles. The molecule has 0 bridgehead atoms. The number of rotatable bonds is 8. The Hall–Kier alpha value is -1.92. The number of nitrogens with zero attached hydrogens (tertiary/aromatic N) is 2. The molecule has 5 nitrogen and oxygen atoms in total. The topological polar surface area (TPSA) is 52.8 Å². The molecular formula is C19H28N4OS. The lowest BCUT2D eigenvalue weighted by Crippen LogP contribution is -2.43. The molecule has 1 heterocycles. The van der Waals surface area contributed by atoms with Crippen LogP contribution in [-0.4, -0.2) is 50.3 Å². The Kier molecular flexibility index (Phi) is 7.88. The normalized spacial score (nSPS) is 14.4. The molecule has 2 aromatic rings. The van der Waals surface area contributed by atoms with Crippen molar-refractivity contribution in [2.24, 2.45) is 4.99 Å². The molecule has 25 heavy (non-hydrogen) atoms. The molecule has 1 aromatic carbocycles. The maximum absolute atomic E-state index is 5.54. The van der Waals surface area contributed by atoms with Gasteiger partial charge >= 0.3 is 0 Å². The third-order valence-corrected chi connectivity index (χ3v) is 4.93. The van der Waals surface area contributed by atoms with Crippen LogP contribution in [0.15, 0.2) is 63.0 Å². The fourth-order valence-electron chi connectivity index (χ4n) is 2.45. The number of guanidine groups is 1. The second-order valence-corrected chi connectivity index (χ2v) is 7.58. The molecule has 0 saturated heterocycles. The maximum atomic E-state index is 5.54. The zero-order valence-corrected chi connectivity index (χ0v) is 16.2. The summed E-state index contributed by atoms with van der Waals surface area (Å²) in [6.07, 6.45) is 1.71. The summed E-state index contributed by atoms with van der Waals surface area (Å²) in [5.74, 6) is 1.75. The smallest absolute Gasteiger partial charge is 0.191 e. The van der Waals surface area contributed by atoms with E-state index in [1.54, 1.807) is 13.3 Å². The van der Waals surface area contributed by atoms with Gasteiger partial charge in [0.15, 0.2) is 5.96 Å². The lowest BCUT2D eigenvalue weighted by molar-refractivity contribution is 0.258. The van der Waals surface area contributed by atoms with Crippen LogP contribution in [0.3, 0.4) is 0 Å². The van der Waals surface area contributed by atoms with Crippen molar-refractivity contribution < 1.29 is 4.42 Å². The van der Waals surface area contributed by atoms with Gasteiger partial charge in [0.1, 0.15) is 5.76 Å². The van der Waals surface area contributed by atoms with Crippen molar-refractivity contribution in [1.82, 2.24) is 15.5 Å². The van der Waals surface area contributed by atoms with Gasteiger partial charge < -0.3 is 15.1 Å². The predicted octanol–water partition coefficient (Wildman–Crippen LogP) is 3.23. The van der Waals surface area contributed by atoms with Crippen molar-refractivity contribution in [3.8, 4) is 0 Å². The van der Waals surface area contributed by atoms with E-state index < -0.39 is 0 Å². The molecule has 2 unspecified atom stereocenters. The van der Waals surface area contributed by atoms with Gasteiger partial charge in [-0.3, -0.25) is 9.89 Å². The zero-order valence-electron chi connectivity index (χ0n) is 15.4. The van der Waals surface area contributed by atoms with Crippen molar-refractivity contribution in [2.45, 2.75) is 23.1 Å². The lowest BCUT2D eigenvalue weighted by Gasteiger charge is -2.24. The number of aliphatic imine (C=N–C) groups is 1. The number of hydrogen-bond acceptors (Lipinski definition) is 4. The van der Waals surface area contributed by atoms with Crippen LogP contribution in [0.1, 0.15) is 18.7 Å². The second-order valence-electron chi connectivity index (χ2n) is 6.07. The van der Waals surface area contributed by atoms with Crippen molar-refractivity contribution in [3.05, 3.63) is 54.5 Å². The first-order valence-corrected chi connectivity index (χ1v) is 9.34. The average Bonchev–Trinajstić information content (AvgIpc) is 3.12. The van der Waals surface area contributed by atoms with E-state index in [0.717, 1.165) is 24.8 Å². The number of hydrogen-bond donors (Lipinski definition) is 2. The Balaban J connectivity index is 1.80. The molecule has 0 amide bonds. The summed E-state index contributed by atoms with van der Waals surface area (Å²) in [4.78, 5) is 7.73. The molecule has 0 spiro atoms. The number of thioether (sulfide) groups is 1. The third-order valence-electron chi connectivity index (χ3n) is 3.82. The Morgan fingerprint density at radius 2 is 1.84 bits per heavy atom. The highest BCUT2D eigenvalue weighted by Crippen LogP contribution is 2.22. The van der Waals surface area contributed by atoms with Crippen LogP contribution in [0.5, 0.6) is 0 Å². The third kappa shape index (κ3) is 6.48. The highest BCUT2D eigenvalue weighted by atomic mass is 32.2. The molecule has 136 valence electrons. The number of furan rings is 1. The monoisotopic (exact) mass is 360 g/mol. The molecule has 0 radical (unpaired) electrons. The summed E-state index contributed by atoms with van der Waals surface area (Å²) >= 11 is 1.85. The Bertz CT molecular complexity index is 628. The van der Waals surface area contributed by atoms with Gasteiger partial charge in [0.2, 0.25) is 0 Å². The summed E-state index contributed by atoms with van der Waals surface area (Å²) in [5.41, 5.74) is 0. The summed E-state index contributed by atoms with van der Waals surface area (Å²) in [6, 6.07) is 14.5. The minimum Gasteiger partial charge on any atom is -0.468 e. The Morgan fingerprint density at radius 3 is 2.44 bits per heavy atom. The molecule has 0 aliphatic rings. The zero-order chi connectivity index (χ0) is 18.1. The van der Waals surface area contributed by atoms with Gasteiger partial charge in [-0.15, -0.1) is 11.8 Å². The van der Waals surface area contributed by atoms with Gasteiger partial charge in [0, 0.05) is 30.3 Å². The van der Waals surface area contributed by atoms with Gasteiger partial charge in [-0.2, -0.15) is 0 Å². The molecule has 2 N–H and O–H groups in total. The van der Waals surface area contributed by atoms with E-state index in [4.69, 9.17) is 4.42 Å². The summed E-state index contributed by atoms with van der Waals surface area (Å²) in [6.45, 7) is 3.77. The molecule has 0 fully saturated rings. The number of likely N-dealkylation sites (N-methyl/N-ethyl adjacent to an activating group) is 1. The molecule has 2 rings (SSSR count). The maximum Gasteiger partial charge on any atom is 0.191 e. The van der Waals surface area contributed by atoms with E-state index in [1.165, 1.54) is 4.90 Å². The van der Waals surface area contributed by atoms with Crippen LogP contribution < -0.4 is 10.6 Å². The van der Waals surface area contributed by atoms with Crippen LogP contribution in [0.25, 0.3) is 0 Å². The van der Waals surface area contributed by atoms with Crippen molar-refractivity contribution in [1.29, 1.82) is 0 Å².